The van der Waals surface area contributed by atoms with Gasteiger partial charge < -0.3 is 4.98 Å². The van der Waals surface area contributed by atoms with Crippen LogP contribution in [0.25, 0.3) is 33.2 Å². The highest BCUT2D eigenvalue weighted by molar-refractivity contribution is 6.31. The molecule has 5 rings (SSSR count). The summed E-state index contributed by atoms with van der Waals surface area (Å²) in [7, 11) is 0. The number of nitro groups is 1. The van der Waals surface area contributed by atoms with Crippen LogP contribution in [-0.2, 0) is 11.2 Å². The molecule has 0 aliphatic heterocycles. The number of benzene rings is 3. The van der Waals surface area contributed by atoms with Crippen LogP contribution < -0.4 is 10.9 Å². The Bertz CT molecular complexity index is 1680. The summed E-state index contributed by atoms with van der Waals surface area (Å²) in [6.07, 6.45) is 1.26. The predicted octanol–water partition coefficient (Wildman–Crippen LogP) is 5.73. The Balaban J connectivity index is 1.27. The van der Waals surface area contributed by atoms with Gasteiger partial charge in [-0.1, -0.05) is 35.9 Å². The number of hydrogen-bond acceptors (Lipinski definition) is 5. The van der Waals surface area contributed by atoms with E-state index in [0.717, 1.165) is 38.8 Å². The summed E-state index contributed by atoms with van der Waals surface area (Å²) < 4.78 is 0. The number of hydrazine groups is 1. The molecule has 0 spiro atoms. The Labute approximate surface area is 222 Å². The first-order chi connectivity index (χ1) is 18.4. The molecule has 2 heterocycles. The van der Waals surface area contributed by atoms with Gasteiger partial charge in [-0.25, -0.2) is 4.98 Å². The largest absolute Gasteiger partial charge is 0.353 e. The number of amides is 2. The first kappa shape index (κ1) is 24.9. The van der Waals surface area contributed by atoms with Gasteiger partial charge in [-0.2, -0.15) is 0 Å². The summed E-state index contributed by atoms with van der Waals surface area (Å²) >= 11 is 6.29. The second-order valence-corrected chi connectivity index (χ2v) is 9.15. The number of nitro benzene ring substituents is 1. The molecule has 2 amide bonds. The van der Waals surface area contributed by atoms with Crippen molar-refractivity contribution in [1.82, 2.24) is 20.8 Å². The number of carbonyl (C=O) groups is 2. The molecule has 0 aliphatic rings. The maximum absolute atomic E-state index is 12.4. The van der Waals surface area contributed by atoms with Crippen LogP contribution in [0.1, 0.15) is 28.8 Å². The van der Waals surface area contributed by atoms with Crippen LogP contribution in [0.15, 0.2) is 78.9 Å². The highest BCUT2D eigenvalue weighted by Gasteiger charge is 2.16. The molecule has 190 valence electrons. The van der Waals surface area contributed by atoms with Crippen LogP contribution in [0.3, 0.4) is 0 Å². The summed E-state index contributed by atoms with van der Waals surface area (Å²) in [6.45, 7) is 0. The Kier molecular flexibility index (Phi) is 7.01. The first-order valence-electron chi connectivity index (χ1n) is 11.9. The van der Waals surface area contributed by atoms with Gasteiger partial charge in [0, 0.05) is 45.4 Å². The Hall–Kier alpha value is -4.76. The molecule has 0 unspecified atom stereocenters. The molecule has 5 aromatic rings. The lowest BCUT2D eigenvalue weighted by Crippen LogP contribution is -2.41. The van der Waals surface area contributed by atoms with E-state index in [4.69, 9.17) is 16.6 Å². The second kappa shape index (κ2) is 10.7. The average Bonchev–Trinajstić information content (AvgIpc) is 3.29. The van der Waals surface area contributed by atoms with Crippen LogP contribution in [0.2, 0.25) is 5.02 Å². The fraction of sp³-hybridized carbons (Fsp3) is 0.107. The Morgan fingerprint density at radius 3 is 2.55 bits per heavy atom. The summed E-state index contributed by atoms with van der Waals surface area (Å²) in [5.41, 5.74) is 9.30. The monoisotopic (exact) mass is 527 g/mol. The number of fused-ring (bicyclic) bond motifs is 2. The molecule has 38 heavy (non-hydrogen) atoms. The maximum atomic E-state index is 12.4. The van der Waals surface area contributed by atoms with E-state index in [2.05, 4.69) is 15.8 Å². The van der Waals surface area contributed by atoms with Crippen molar-refractivity contribution in [1.29, 1.82) is 0 Å². The van der Waals surface area contributed by atoms with Crippen LogP contribution in [-0.4, -0.2) is 26.7 Å². The molecule has 0 radical (unpaired) electrons. The van der Waals surface area contributed by atoms with Crippen LogP contribution in [0.4, 0.5) is 5.69 Å². The SMILES string of the molecule is O=C(CCCc1c(-c2ccc3ccccc3n2)[nH]c2ccc(Cl)cc12)NNC(=O)c1ccc([N+](=O)[O-])cc1. The fourth-order valence-electron chi connectivity index (χ4n) is 4.32. The minimum Gasteiger partial charge on any atom is -0.353 e. The van der Waals surface area contributed by atoms with Crippen LogP contribution >= 0.6 is 11.6 Å². The first-order valence-corrected chi connectivity index (χ1v) is 12.3. The molecule has 9 nitrogen and oxygen atoms in total. The van der Waals surface area contributed by atoms with Crippen molar-refractivity contribution in [2.45, 2.75) is 19.3 Å². The normalized spacial score (nSPS) is 11.0. The van der Waals surface area contributed by atoms with Gasteiger partial charge >= 0.3 is 0 Å². The number of nitrogens with zero attached hydrogens (tertiary/aromatic N) is 2. The maximum Gasteiger partial charge on any atom is 0.269 e. The van der Waals surface area contributed by atoms with Crippen molar-refractivity contribution < 1.29 is 14.5 Å². The third-order valence-corrected chi connectivity index (χ3v) is 6.44. The minimum atomic E-state index is -0.566. The zero-order valence-electron chi connectivity index (χ0n) is 20.0. The minimum absolute atomic E-state index is 0.123. The summed E-state index contributed by atoms with van der Waals surface area (Å²) in [6, 6.07) is 22.6. The van der Waals surface area contributed by atoms with Gasteiger partial charge in [-0.3, -0.25) is 30.6 Å². The second-order valence-electron chi connectivity index (χ2n) is 8.72. The standard InChI is InChI=1S/C28H22ClN5O4/c29-19-11-15-24-22(16-19)21(27(31-24)25-14-10-17-4-1-2-6-23(17)30-25)5-3-7-26(35)32-33-28(36)18-8-12-20(13-9-18)34(37)38/h1-2,4,6,8-16,31H,3,5,7H2,(H,32,35)(H,33,36). The number of aromatic amines is 1. The molecule has 0 saturated heterocycles. The molecule has 3 N–H and O–H groups in total. The van der Waals surface area contributed by atoms with Crippen molar-refractivity contribution in [2.75, 3.05) is 0 Å². The quantitative estimate of drug-likeness (QED) is 0.184. The van der Waals surface area contributed by atoms with Gasteiger partial charge in [0.15, 0.2) is 0 Å². The zero-order chi connectivity index (χ0) is 26.6. The topological polar surface area (TPSA) is 130 Å². The lowest BCUT2D eigenvalue weighted by atomic mass is 10.0. The van der Waals surface area contributed by atoms with Crippen molar-refractivity contribution >= 4 is 50.9 Å². The van der Waals surface area contributed by atoms with E-state index in [-0.39, 0.29) is 23.6 Å². The molecule has 10 heteroatoms. The van der Waals surface area contributed by atoms with E-state index < -0.39 is 10.8 Å². The van der Waals surface area contributed by atoms with Gasteiger partial charge in [0.05, 0.1) is 21.8 Å². The predicted molar refractivity (Wildman–Crippen MR) is 146 cm³/mol. The van der Waals surface area contributed by atoms with Gasteiger partial charge in [0.1, 0.15) is 0 Å². The third kappa shape index (κ3) is 5.33. The summed E-state index contributed by atoms with van der Waals surface area (Å²) in [5.74, 6) is -0.923. The number of rotatable bonds is 7. The van der Waals surface area contributed by atoms with Gasteiger partial charge in [-0.05, 0) is 60.9 Å². The Morgan fingerprint density at radius 1 is 0.974 bits per heavy atom. The summed E-state index contributed by atoms with van der Waals surface area (Å²) in [4.78, 5) is 43.2. The van der Waals surface area contributed by atoms with Crippen molar-refractivity contribution in [3.63, 3.8) is 0 Å². The van der Waals surface area contributed by atoms with E-state index in [1.54, 1.807) is 0 Å². The van der Waals surface area contributed by atoms with E-state index in [1.165, 1.54) is 24.3 Å². The number of para-hydroxylation sites is 1. The molecule has 2 aromatic heterocycles. The molecule has 0 aliphatic carbocycles. The average molecular weight is 528 g/mol. The number of aromatic nitrogens is 2. The fourth-order valence-corrected chi connectivity index (χ4v) is 4.50. The van der Waals surface area contributed by atoms with Gasteiger partial charge in [-0.15, -0.1) is 0 Å². The summed E-state index contributed by atoms with van der Waals surface area (Å²) in [5, 5.41) is 13.4. The van der Waals surface area contributed by atoms with Crippen molar-refractivity contribution in [2.24, 2.45) is 0 Å². The number of aryl methyl sites for hydroxylation is 1. The van der Waals surface area contributed by atoms with Crippen LogP contribution in [0, 0.1) is 10.1 Å². The van der Waals surface area contributed by atoms with Gasteiger partial charge in [0.25, 0.3) is 11.6 Å². The highest BCUT2D eigenvalue weighted by atomic mass is 35.5. The molecule has 0 fully saturated rings. The molecule has 3 aromatic carbocycles. The highest BCUT2D eigenvalue weighted by Crippen LogP contribution is 2.33. The van der Waals surface area contributed by atoms with Crippen molar-refractivity contribution in [3.8, 4) is 11.4 Å². The van der Waals surface area contributed by atoms with Gasteiger partial charge in [0.2, 0.25) is 5.91 Å². The number of pyridine rings is 1. The number of nitrogens with one attached hydrogen (secondary N) is 3. The number of carbonyl (C=O) groups excluding carboxylic acids is 2. The van der Waals surface area contributed by atoms with E-state index >= 15 is 0 Å². The number of H-pyrrole nitrogens is 1. The third-order valence-electron chi connectivity index (χ3n) is 6.21. The van der Waals surface area contributed by atoms with Crippen molar-refractivity contribution in [3.05, 3.63) is 105 Å². The Morgan fingerprint density at radius 2 is 1.76 bits per heavy atom. The van der Waals surface area contributed by atoms with E-state index in [1.807, 2.05) is 54.6 Å². The number of hydrogen-bond donors (Lipinski definition) is 3. The lowest BCUT2D eigenvalue weighted by molar-refractivity contribution is -0.384. The molecule has 0 bridgehead atoms. The molecular weight excluding hydrogens is 506 g/mol. The van der Waals surface area contributed by atoms with Crippen LogP contribution in [0.5, 0.6) is 0 Å². The molecular formula is C28H22ClN5O4. The number of non-ortho nitro benzene ring substituents is 1. The zero-order valence-corrected chi connectivity index (χ0v) is 20.8. The molecule has 0 atom stereocenters. The van der Waals surface area contributed by atoms with E-state index in [9.17, 15) is 19.7 Å². The smallest absolute Gasteiger partial charge is 0.269 e. The number of halogens is 1. The van der Waals surface area contributed by atoms with E-state index in [0.29, 0.717) is 17.9 Å². The molecule has 0 saturated carbocycles. The lowest BCUT2D eigenvalue weighted by Gasteiger charge is -2.09.